The van der Waals surface area contributed by atoms with Gasteiger partial charge in [-0.25, -0.2) is 18.2 Å². The van der Waals surface area contributed by atoms with Gasteiger partial charge in [-0.1, -0.05) is 6.07 Å². The predicted octanol–water partition coefficient (Wildman–Crippen LogP) is 2.88. The van der Waals surface area contributed by atoms with Crippen LogP contribution in [0.4, 0.5) is 8.78 Å². The predicted molar refractivity (Wildman–Crippen MR) is 109 cm³/mol. The maximum Gasteiger partial charge on any atom is 0.290 e. The Morgan fingerprint density at radius 3 is 2.71 bits per heavy atom. The second-order valence-electron chi connectivity index (χ2n) is 6.61. The van der Waals surface area contributed by atoms with Gasteiger partial charge in [-0.3, -0.25) is 9.00 Å². The Hall–Kier alpha value is -3.41. The molecule has 4 aromatic rings. The minimum Gasteiger partial charge on any atom is -0.760 e. The molecule has 11 heteroatoms. The highest BCUT2D eigenvalue weighted by atomic mass is 32.2. The molecular weight excluding hydrogens is 430 g/mol. The van der Waals surface area contributed by atoms with Crippen molar-refractivity contribution in [1.82, 2.24) is 19.5 Å². The first-order valence-corrected chi connectivity index (χ1v) is 10.0. The Balaban J connectivity index is 1.88. The summed E-state index contributed by atoms with van der Waals surface area (Å²) in [5.74, 6) is -1.65. The SMILES string of the molecule is Cn1nc(-c2cc(CNS(=O)[O-])ccc2Oc2ccc(F)cc2F)c2cc[nH]c2c1=O. The molecule has 0 spiro atoms. The lowest BCUT2D eigenvalue weighted by molar-refractivity contribution is 0.438. The number of nitrogens with one attached hydrogen (secondary N) is 2. The van der Waals surface area contributed by atoms with E-state index in [2.05, 4.69) is 14.8 Å². The Bertz CT molecular complexity index is 1370. The fourth-order valence-electron chi connectivity index (χ4n) is 3.13. The lowest BCUT2D eigenvalue weighted by Gasteiger charge is -2.15. The molecule has 1 unspecified atom stereocenters. The zero-order valence-corrected chi connectivity index (χ0v) is 16.8. The minimum atomic E-state index is -2.46. The van der Waals surface area contributed by atoms with E-state index in [1.54, 1.807) is 24.4 Å². The third kappa shape index (κ3) is 4.24. The number of ether oxygens (including phenoxy) is 1. The van der Waals surface area contributed by atoms with Crippen molar-refractivity contribution in [2.75, 3.05) is 0 Å². The molecule has 0 saturated carbocycles. The van der Waals surface area contributed by atoms with Crippen LogP contribution in [0.5, 0.6) is 11.5 Å². The van der Waals surface area contributed by atoms with Crippen molar-refractivity contribution in [3.8, 4) is 22.8 Å². The zero-order chi connectivity index (χ0) is 22.1. The van der Waals surface area contributed by atoms with Gasteiger partial charge in [-0.15, -0.1) is 0 Å². The van der Waals surface area contributed by atoms with Crippen LogP contribution in [-0.2, 0) is 24.9 Å². The molecule has 160 valence electrons. The quantitative estimate of drug-likeness (QED) is 0.443. The molecule has 0 fully saturated rings. The number of benzene rings is 2. The first-order valence-electron chi connectivity index (χ1n) is 8.97. The van der Waals surface area contributed by atoms with E-state index in [9.17, 15) is 22.3 Å². The molecule has 31 heavy (non-hydrogen) atoms. The van der Waals surface area contributed by atoms with Gasteiger partial charge in [-0.05, 0) is 35.9 Å². The number of halogens is 2. The van der Waals surface area contributed by atoms with Gasteiger partial charge in [0, 0.05) is 48.1 Å². The van der Waals surface area contributed by atoms with E-state index < -0.39 is 22.9 Å². The summed E-state index contributed by atoms with van der Waals surface area (Å²) in [4.78, 5) is 15.2. The number of fused-ring (bicyclic) bond motifs is 1. The number of aryl methyl sites for hydroxylation is 1. The van der Waals surface area contributed by atoms with E-state index in [0.29, 0.717) is 33.8 Å². The van der Waals surface area contributed by atoms with Gasteiger partial charge in [-0.2, -0.15) is 5.10 Å². The van der Waals surface area contributed by atoms with Gasteiger partial charge in [0.25, 0.3) is 5.56 Å². The normalized spacial score (nSPS) is 12.3. The summed E-state index contributed by atoms with van der Waals surface area (Å²) in [6, 6.07) is 9.32. The summed E-state index contributed by atoms with van der Waals surface area (Å²) in [5.41, 5.74) is 1.30. The van der Waals surface area contributed by atoms with E-state index in [1.165, 1.54) is 13.1 Å². The van der Waals surface area contributed by atoms with Gasteiger partial charge >= 0.3 is 0 Å². The average molecular weight is 445 g/mol. The van der Waals surface area contributed by atoms with Crippen molar-refractivity contribution in [2.45, 2.75) is 6.54 Å². The van der Waals surface area contributed by atoms with Crippen molar-refractivity contribution < 1.29 is 22.3 Å². The molecule has 8 nitrogen and oxygen atoms in total. The first-order chi connectivity index (χ1) is 14.8. The molecule has 0 amide bonds. The lowest BCUT2D eigenvalue weighted by atomic mass is 10.0. The molecule has 2 N–H and O–H groups in total. The topological polar surface area (TPSA) is 112 Å². The van der Waals surface area contributed by atoms with Crippen LogP contribution in [-0.4, -0.2) is 23.5 Å². The Labute approximate surface area is 176 Å². The molecule has 0 aliphatic heterocycles. The van der Waals surface area contributed by atoms with Gasteiger partial charge < -0.3 is 14.3 Å². The van der Waals surface area contributed by atoms with Crippen molar-refractivity contribution in [2.24, 2.45) is 7.05 Å². The molecular formula is C20H15F2N4O4S-. The molecule has 0 saturated heterocycles. The third-order valence-corrected chi connectivity index (χ3v) is 4.95. The Kier molecular flexibility index (Phi) is 5.63. The highest BCUT2D eigenvalue weighted by Gasteiger charge is 2.18. The van der Waals surface area contributed by atoms with E-state index >= 15 is 0 Å². The summed E-state index contributed by atoms with van der Waals surface area (Å²) >= 11 is -2.46. The molecule has 0 radical (unpaired) electrons. The van der Waals surface area contributed by atoms with Gasteiger partial charge in [0.2, 0.25) is 0 Å². The number of rotatable bonds is 6. The van der Waals surface area contributed by atoms with Crippen LogP contribution >= 0.6 is 0 Å². The van der Waals surface area contributed by atoms with Crippen molar-refractivity contribution in [3.05, 3.63) is 76.2 Å². The first kappa shape index (κ1) is 20.8. The van der Waals surface area contributed by atoms with Crippen LogP contribution in [0.3, 0.4) is 0 Å². The fraction of sp³-hybridized carbons (Fsp3) is 0.100. The summed E-state index contributed by atoms with van der Waals surface area (Å²) in [6.45, 7) is -0.00363. The van der Waals surface area contributed by atoms with Crippen LogP contribution in [0.25, 0.3) is 22.2 Å². The second-order valence-corrected chi connectivity index (χ2v) is 7.36. The summed E-state index contributed by atoms with van der Waals surface area (Å²) < 4.78 is 58.3. The van der Waals surface area contributed by atoms with Crippen molar-refractivity contribution >= 4 is 22.2 Å². The highest BCUT2D eigenvalue weighted by molar-refractivity contribution is 7.77. The average Bonchev–Trinajstić information content (AvgIpc) is 3.22. The van der Waals surface area contributed by atoms with Gasteiger partial charge in [0.1, 0.15) is 22.8 Å². The third-order valence-electron chi connectivity index (χ3n) is 4.57. The molecule has 0 bridgehead atoms. The number of aromatic nitrogens is 3. The Morgan fingerprint density at radius 1 is 1.19 bits per heavy atom. The largest absolute Gasteiger partial charge is 0.760 e. The van der Waals surface area contributed by atoms with E-state index in [4.69, 9.17) is 4.74 Å². The molecule has 4 rings (SSSR count). The highest BCUT2D eigenvalue weighted by Crippen LogP contribution is 2.36. The molecule has 0 aliphatic rings. The van der Waals surface area contributed by atoms with E-state index in [1.807, 2.05) is 0 Å². The number of hydrogen-bond acceptors (Lipinski definition) is 5. The maximum absolute atomic E-state index is 14.2. The van der Waals surface area contributed by atoms with E-state index in [0.717, 1.165) is 16.8 Å². The van der Waals surface area contributed by atoms with Crippen LogP contribution in [0.15, 0.2) is 53.5 Å². The second kappa shape index (κ2) is 8.38. The maximum atomic E-state index is 14.2. The fourth-order valence-corrected chi connectivity index (χ4v) is 3.42. The van der Waals surface area contributed by atoms with Crippen LogP contribution in [0, 0.1) is 11.6 Å². The lowest BCUT2D eigenvalue weighted by Crippen LogP contribution is -2.20. The minimum absolute atomic E-state index is 0.00363. The summed E-state index contributed by atoms with van der Waals surface area (Å²) in [6.07, 6.45) is 1.59. The molecule has 2 aromatic heterocycles. The molecule has 2 aromatic carbocycles. The van der Waals surface area contributed by atoms with Gasteiger partial charge in [0.05, 0.1) is 0 Å². The number of aromatic amines is 1. The smallest absolute Gasteiger partial charge is 0.290 e. The monoisotopic (exact) mass is 445 g/mol. The van der Waals surface area contributed by atoms with Crippen LogP contribution in [0.1, 0.15) is 5.56 Å². The zero-order valence-electron chi connectivity index (χ0n) is 16.0. The van der Waals surface area contributed by atoms with Crippen molar-refractivity contribution in [1.29, 1.82) is 0 Å². The molecule has 2 heterocycles. The molecule has 1 atom stereocenters. The van der Waals surface area contributed by atoms with Crippen molar-refractivity contribution in [3.63, 3.8) is 0 Å². The summed E-state index contributed by atoms with van der Waals surface area (Å²) in [7, 11) is 1.48. The summed E-state index contributed by atoms with van der Waals surface area (Å²) in [5, 5.41) is 4.83. The standard InChI is InChI=1S/C20H16F2N4O4S/c1-26-20(27)19-13(6-7-23-19)18(25-26)14-8-11(10-24-31(28)29)2-4-16(14)30-17-5-3-12(21)9-15(17)22/h2-9,23-24H,10H2,1H3,(H,28,29)/p-1. The number of H-pyrrole nitrogens is 1. The number of nitrogens with zero attached hydrogens (tertiary/aromatic N) is 2. The molecule has 0 aliphatic carbocycles. The van der Waals surface area contributed by atoms with Gasteiger partial charge in [0.15, 0.2) is 11.6 Å². The van der Waals surface area contributed by atoms with E-state index in [-0.39, 0.29) is 23.6 Å². The van der Waals surface area contributed by atoms with Crippen LogP contribution < -0.4 is 15.0 Å². The number of hydrogen-bond donors (Lipinski definition) is 2. The van der Waals surface area contributed by atoms with Crippen LogP contribution in [0.2, 0.25) is 0 Å². The Morgan fingerprint density at radius 2 is 1.97 bits per heavy atom.